The standard InChI is InChI=1S/C11H21N3O/c1-5-12-6-7-14-9(2)11(8-13-14)10(3)15-4/h8,10,12H,5-7H2,1-4H3. The zero-order valence-electron chi connectivity index (χ0n) is 10.1. The van der Waals surface area contributed by atoms with Gasteiger partial charge in [-0.2, -0.15) is 5.10 Å². The Morgan fingerprint density at radius 1 is 1.60 bits per heavy atom. The first-order valence-electron chi connectivity index (χ1n) is 5.46. The van der Waals surface area contributed by atoms with Gasteiger partial charge in [-0.25, -0.2) is 0 Å². The van der Waals surface area contributed by atoms with Crippen molar-refractivity contribution in [3.63, 3.8) is 0 Å². The number of nitrogens with zero attached hydrogens (tertiary/aromatic N) is 2. The first-order valence-corrected chi connectivity index (χ1v) is 5.46. The van der Waals surface area contributed by atoms with Crippen LogP contribution in [0.3, 0.4) is 0 Å². The van der Waals surface area contributed by atoms with Crippen LogP contribution in [0.5, 0.6) is 0 Å². The molecule has 1 aromatic rings. The second-order valence-corrected chi connectivity index (χ2v) is 3.64. The lowest BCUT2D eigenvalue weighted by molar-refractivity contribution is 0.119. The van der Waals surface area contributed by atoms with Gasteiger partial charge in [-0.15, -0.1) is 0 Å². The van der Waals surface area contributed by atoms with Crippen molar-refractivity contribution < 1.29 is 4.74 Å². The molecule has 1 rings (SSSR count). The Kier molecular flexibility index (Phi) is 4.78. The van der Waals surface area contributed by atoms with Crippen LogP contribution in [0.1, 0.15) is 31.2 Å². The molecule has 0 spiro atoms. The topological polar surface area (TPSA) is 39.1 Å². The van der Waals surface area contributed by atoms with Crippen molar-refractivity contribution in [2.45, 2.75) is 33.4 Å². The quantitative estimate of drug-likeness (QED) is 0.725. The molecule has 0 bridgehead atoms. The van der Waals surface area contributed by atoms with Crippen LogP contribution in [0.15, 0.2) is 6.20 Å². The van der Waals surface area contributed by atoms with Crippen LogP contribution in [-0.2, 0) is 11.3 Å². The van der Waals surface area contributed by atoms with Gasteiger partial charge in [-0.3, -0.25) is 4.68 Å². The van der Waals surface area contributed by atoms with Crippen LogP contribution < -0.4 is 5.32 Å². The van der Waals surface area contributed by atoms with Crippen molar-refractivity contribution in [2.24, 2.45) is 0 Å². The molecule has 4 nitrogen and oxygen atoms in total. The van der Waals surface area contributed by atoms with Crippen molar-refractivity contribution in [3.8, 4) is 0 Å². The fourth-order valence-electron chi connectivity index (χ4n) is 1.57. The van der Waals surface area contributed by atoms with Crippen LogP contribution in [-0.4, -0.2) is 30.0 Å². The molecule has 0 aliphatic rings. The molecule has 1 aromatic heterocycles. The van der Waals surface area contributed by atoms with Crippen LogP contribution in [0.25, 0.3) is 0 Å². The normalized spacial score (nSPS) is 13.1. The highest BCUT2D eigenvalue weighted by Gasteiger charge is 2.11. The van der Waals surface area contributed by atoms with Gasteiger partial charge in [-0.1, -0.05) is 6.92 Å². The van der Waals surface area contributed by atoms with Gasteiger partial charge in [0.1, 0.15) is 0 Å². The van der Waals surface area contributed by atoms with Gasteiger partial charge in [0.25, 0.3) is 0 Å². The summed E-state index contributed by atoms with van der Waals surface area (Å²) in [5.74, 6) is 0. The van der Waals surface area contributed by atoms with E-state index < -0.39 is 0 Å². The average molecular weight is 211 g/mol. The summed E-state index contributed by atoms with van der Waals surface area (Å²) < 4.78 is 7.31. The predicted molar refractivity (Wildman–Crippen MR) is 60.9 cm³/mol. The number of ether oxygens (including phenoxy) is 1. The van der Waals surface area contributed by atoms with Crippen molar-refractivity contribution >= 4 is 0 Å². The number of hydrogen-bond acceptors (Lipinski definition) is 3. The van der Waals surface area contributed by atoms with E-state index in [0.29, 0.717) is 0 Å². The fraction of sp³-hybridized carbons (Fsp3) is 0.727. The Bertz CT molecular complexity index is 296. The van der Waals surface area contributed by atoms with Crippen LogP contribution in [0, 0.1) is 6.92 Å². The third-order valence-corrected chi connectivity index (χ3v) is 2.68. The van der Waals surface area contributed by atoms with Crippen molar-refractivity contribution in [3.05, 3.63) is 17.5 Å². The monoisotopic (exact) mass is 211 g/mol. The van der Waals surface area contributed by atoms with Gasteiger partial charge < -0.3 is 10.1 Å². The van der Waals surface area contributed by atoms with Gasteiger partial charge in [0.05, 0.1) is 18.8 Å². The van der Waals surface area contributed by atoms with Gasteiger partial charge in [0.2, 0.25) is 0 Å². The maximum Gasteiger partial charge on any atom is 0.0826 e. The molecular formula is C11H21N3O. The molecule has 0 saturated carbocycles. The zero-order chi connectivity index (χ0) is 11.3. The average Bonchev–Trinajstić information content (AvgIpc) is 2.60. The molecule has 0 aromatic carbocycles. The largest absolute Gasteiger partial charge is 0.377 e. The highest BCUT2D eigenvalue weighted by atomic mass is 16.5. The summed E-state index contributed by atoms with van der Waals surface area (Å²) in [6.07, 6.45) is 2.02. The number of nitrogens with one attached hydrogen (secondary N) is 1. The highest BCUT2D eigenvalue weighted by molar-refractivity contribution is 5.18. The maximum atomic E-state index is 5.29. The number of aromatic nitrogens is 2. The van der Waals surface area contributed by atoms with E-state index in [0.717, 1.165) is 19.6 Å². The lowest BCUT2D eigenvalue weighted by atomic mass is 10.2. The van der Waals surface area contributed by atoms with E-state index in [1.165, 1.54) is 11.3 Å². The minimum Gasteiger partial charge on any atom is -0.377 e. The molecule has 0 aliphatic carbocycles. The Hall–Kier alpha value is -0.870. The maximum absolute atomic E-state index is 5.29. The molecule has 0 fully saturated rings. The van der Waals surface area contributed by atoms with Crippen molar-refractivity contribution in [1.29, 1.82) is 0 Å². The van der Waals surface area contributed by atoms with Crippen LogP contribution >= 0.6 is 0 Å². The summed E-state index contributed by atoms with van der Waals surface area (Å²) >= 11 is 0. The first kappa shape index (κ1) is 12.2. The minimum atomic E-state index is 0.123. The molecule has 86 valence electrons. The zero-order valence-corrected chi connectivity index (χ0v) is 10.1. The third-order valence-electron chi connectivity index (χ3n) is 2.68. The summed E-state index contributed by atoms with van der Waals surface area (Å²) in [5.41, 5.74) is 2.37. The second kappa shape index (κ2) is 5.88. The molecule has 1 heterocycles. The number of likely N-dealkylation sites (N-methyl/N-ethyl adjacent to an activating group) is 1. The number of rotatable bonds is 6. The molecule has 0 amide bonds. The van der Waals surface area contributed by atoms with E-state index in [1.54, 1.807) is 7.11 Å². The molecule has 1 unspecified atom stereocenters. The lowest BCUT2D eigenvalue weighted by Crippen LogP contribution is -2.20. The van der Waals surface area contributed by atoms with Crippen LogP contribution in [0.2, 0.25) is 0 Å². The van der Waals surface area contributed by atoms with Gasteiger partial charge in [-0.05, 0) is 20.4 Å². The summed E-state index contributed by atoms with van der Waals surface area (Å²) in [6.45, 7) is 9.11. The fourth-order valence-corrected chi connectivity index (χ4v) is 1.57. The van der Waals surface area contributed by atoms with Gasteiger partial charge >= 0.3 is 0 Å². The molecule has 0 aliphatic heterocycles. The second-order valence-electron chi connectivity index (χ2n) is 3.64. The smallest absolute Gasteiger partial charge is 0.0826 e. The van der Waals surface area contributed by atoms with E-state index in [-0.39, 0.29) is 6.10 Å². The van der Waals surface area contributed by atoms with E-state index in [2.05, 4.69) is 24.3 Å². The molecule has 1 N–H and O–H groups in total. The molecule has 15 heavy (non-hydrogen) atoms. The van der Waals surface area contributed by atoms with Gasteiger partial charge in [0, 0.05) is 24.9 Å². The molecule has 1 atom stereocenters. The Morgan fingerprint density at radius 3 is 2.93 bits per heavy atom. The SMILES string of the molecule is CCNCCn1ncc(C(C)OC)c1C. The summed E-state index contributed by atoms with van der Waals surface area (Å²) in [4.78, 5) is 0. The molecule has 0 radical (unpaired) electrons. The molecular weight excluding hydrogens is 190 g/mol. The Labute approximate surface area is 91.6 Å². The lowest BCUT2D eigenvalue weighted by Gasteiger charge is -2.09. The predicted octanol–water partition coefficient (Wildman–Crippen LogP) is 1.51. The number of methoxy groups -OCH3 is 1. The Morgan fingerprint density at radius 2 is 2.33 bits per heavy atom. The highest BCUT2D eigenvalue weighted by Crippen LogP contribution is 2.18. The summed E-state index contributed by atoms with van der Waals surface area (Å²) in [5, 5.41) is 7.64. The summed E-state index contributed by atoms with van der Waals surface area (Å²) in [6, 6.07) is 0. The van der Waals surface area contributed by atoms with Crippen LogP contribution in [0.4, 0.5) is 0 Å². The first-order chi connectivity index (χ1) is 7.20. The molecule has 0 saturated heterocycles. The van der Waals surface area contributed by atoms with E-state index in [1.807, 2.05) is 17.8 Å². The molecule has 4 heteroatoms. The van der Waals surface area contributed by atoms with Gasteiger partial charge in [0.15, 0.2) is 0 Å². The Balaban J connectivity index is 2.63. The van der Waals surface area contributed by atoms with Crippen molar-refractivity contribution in [2.75, 3.05) is 20.2 Å². The van der Waals surface area contributed by atoms with E-state index >= 15 is 0 Å². The van der Waals surface area contributed by atoms with E-state index in [4.69, 9.17) is 4.74 Å². The van der Waals surface area contributed by atoms with E-state index in [9.17, 15) is 0 Å². The third kappa shape index (κ3) is 3.04. The minimum absolute atomic E-state index is 0.123. The van der Waals surface area contributed by atoms with Crippen molar-refractivity contribution in [1.82, 2.24) is 15.1 Å². The summed E-state index contributed by atoms with van der Waals surface area (Å²) in [7, 11) is 1.72. The number of hydrogen-bond donors (Lipinski definition) is 1.